The molecule has 0 atom stereocenters. The first-order valence-corrected chi connectivity index (χ1v) is 6.42. The zero-order valence-electron chi connectivity index (χ0n) is 10.5. The molecule has 19 heavy (non-hydrogen) atoms. The highest BCUT2D eigenvalue weighted by molar-refractivity contribution is 7.12. The number of anilines is 1. The molecular formula is C13H12N2O3S. The Hall–Kier alpha value is -2.21. The standard InChI is InChI=1S/C13H12N2O3S/c1-8-7-12(9(2)19-8)13(16)14-10-3-5-11(6-4-10)15(17)18/h3-7H,1-2H3,(H,14,16). The molecule has 0 saturated heterocycles. The van der Waals surface area contributed by atoms with Crippen molar-refractivity contribution in [2.75, 3.05) is 5.32 Å². The SMILES string of the molecule is Cc1cc(C(=O)Nc2ccc([N+](=O)[O-])cc2)c(C)s1. The molecule has 5 nitrogen and oxygen atoms in total. The smallest absolute Gasteiger partial charge is 0.269 e. The Morgan fingerprint density at radius 3 is 2.37 bits per heavy atom. The summed E-state index contributed by atoms with van der Waals surface area (Å²) in [5, 5.41) is 13.2. The Morgan fingerprint density at radius 2 is 1.89 bits per heavy atom. The van der Waals surface area contributed by atoms with Crippen LogP contribution in [0.2, 0.25) is 0 Å². The quantitative estimate of drug-likeness (QED) is 0.688. The van der Waals surface area contributed by atoms with E-state index in [-0.39, 0.29) is 11.6 Å². The molecule has 0 spiro atoms. The first-order chi connectivity index (χ1) is 8.97. The molecule has 98 valence electrons. The minimum Gasteiger partial charge on any atom is -0.322 e. The van der Waals surface area contributed by atoms with Crippen molar-refractivity contribution in [1.82, 2.24) is 0 Å². The molecule has 0 radical (unpaired) electrons. The van der Waals surface area contributed by atoms with Gasteiger partial charge in [0, 0.05) is 27.6 Å². The molecule has 0 fully saturated rings. The molecule has 0 unspecified atom stereocenters. The maximum Gasteiger partial charge on any atom is 0.269 e. The normalized spacial score (nSPS) is 10.2. The number of thiophene rings is 1. The first kappa shape index (κ1) is 13.2. The number of nitrogens with zero attached hydrogens (tertiary/aromatic N) is 1. The number of nitrogens with one attached hydrogen (secondary N) is 1. The number of hydrogen-bond acceptors (Lipinski definition) is 4. The van der Waals surface area contributed by atoms with Gasteiger partial charge in [-0.3, -0.25) is 14.9 Å². The van der Waals surface area contributed by atoms with Gasteiger partial charge in [0.2, 0.25) is 0 Å². The molecule has 2 aromatic rings. The van der Waals surface area contributed by atoms with Gasteiger partial charge in [-0.05, 0) is 32.0 Å². The van der Waals surface area contributed by atoms with Gasteiger partial charge in [-0.2, -0.15) is 0 Å². The summed E-state index contributed by atoms with van der Waals surface area (Å²) in [6.45, 7) is 3.84. The summed E-state index contributed by atoms with van der Waals surface area (Å²) in [5.41, 5.74) is 1.18. The van der Waals surface area contributed by atoms with Gasteiger partial charge in [0.05, 0.1) is 10.5 Å². The largest absolute Gasteiger partial charge is 0.322 e. The topological polar surface area (TPSA) is 72.2 Å². The summed E-state index contributed by atoms with van der Waals surface area (Å²) in [7, 11) is 0. The Balaban J connectivity index is 2.15. The number of rotatable bonds is 3. The van der Waals surface area contributed by atoms with E-state index in [9.17, 15) is 14.9 Å². The first-order valence-electron chi connectivity index (χ1n) is 5.60. The molecule has 1 amide bonds. The summed E-state index contributed by atoms with van der Waals surface area (Å²) < 4.78 is 0. The molecule has 1 heterocycles. The summed E-state index contributed by atoms with van der Waals surface area (Å²) in [6.07, 6.45) is 0. The Morgan fingerprint density at radius 1 is 1.26 bits per heavy atom. The van der Waals surface area contributed by atoms with Crippen LogP contribution in [0.3, 0.4) is 0 Å². The van der Waals surface area contributed by atoms with Crippen molar-refractivity contribution in [3.63, 3.8) is 0 Å². The highest BCUT2D eigenvalue weighted by Crippen LogP contribution is 2.22. The van der Waals surface area contributed by atoms with Crippen LogP contribution in [0.25, 0.3) is 0 Å². The molecule has 0 aliphatic carbocycles. The van der Waals surface area contributed by atoms with Crippen molar-refractivity contribution in [2.45, 2.75) is 13.8 Å². The molecule has 0 bridgehead atoms. The average molecular weight is 276 g/mol. The van der Waals surface area contributed by atoms with Gasteiger partial charge in [0.25, 0.3) is 11.6 Å². The second-order valence-electron chi connectivity index (χ2n) is 4.09. The third kappa shape index (κ3) is 2.97. The number of hydrogen-bond donors (Lipinski definition) is 1. The minimum absolute atomic E-state index is 0.000516. The van der Waals surface area contributed by atoms with E-state index in [1.54, 1.807) is 11.3 Å². The lowest BCUT2D eigenvalue weighted by molar-refractivity contribution is -0.384. The number of benzene rings is 1. The summed E-state index contributed by atoms with van der Waals surface area (Å²) in [6, 6.07) is 7.60. The van der Waals surface area contributed by atoms with Crippen LogP contribution in [-0.4, -0.2) is 10.8 Å². The predicted octanol–water partition coefficient (Wildman–Crippen LogP) is 3.53. The lowest BCUT2D eigenvalue weighted by Crippen LogP contribution is -2.11. The van der Waals surface area contributed by atoms with E-state index < -0.39 is 4.92 Å². The van der Waals surface area contributed by atoms with Crippen LogP contribution in [0, 0.1) is 24.0 Å². The molecular weight excluding hydrogens is 264 g/mol. The van der Waals surface area contributed by atoms with Crippen LogP contribution < -0.4 is 5.32 Å². The van der Waals surface area contributed by atoms with Crippen LogP contribution in [-0.2, 0) is 0 Å². The third-order valence-corrected chi connectivity index (χ3v) is 3.59. The van der Waals surface area contributed by atoms with E-state index in [1.165, 1.54) is 24.3 Å². The van der Waals surface area contributed by atoms with E-state index >= 15 is 0 Å². The number of aryl methyl sites for hydroxylation is 2. The monoisotopic (exact) mass is 276 g/mol. The molecule has 1 aromatic heterocycles. The number of non-ortho nitro benzene ring substituents is 1. The maximum absolute atomic E-state index is 12.0. The number of amides is 1. The second kappa shape index (κ2) is 5.19. The van der Waals surface area contributed by atoms with Crippen molar-refractivity contribution >= 4 is 28.6 Å². The maximum atomic E-state index is 12.0. The van der Waals surface area contributed by atoms with Gasteiger partial charge >= 0.3 is 0 Å². The Labute approximate surface area is 114 Å². The molecule has 1 N–H and O–H groups in total. The van der Waals surface area contributed by atoms with Crippen LogP contribution in [0.1, 0.15) is 20.1 Å². The lowest BCUT2D eigenvalue weighted by atomic mass is 10.2. The van der Waals surface area contributed by atoms with Crippen molar-refractivity contribution in [3.8, 4) is 0 Å². The van der Waals surface area contributed by atoms with Gasteiger partial charge < -0.3 is 5.32 Å². The Kier molecular flexibility index (Phi) is 3.62. The number of nitro groups is 1. The van der Waals surface area contributed by atoms with Crippen LogP contribution >= 0.6 is 11.3 Å². The number of carbonyl (C=O) groups excluding carboxylic acids is 1. The van der Waals surface area contributed by atoms with Crippen LogP contribution in [0.5, 0.6) is 0 Å². The molecule has 0 saturated carbocycles. The molecule has 0 aliphatic heterocycles. The van der Waals surface area contributed by atoms with E-state index in [0.29, 0.717) is 11.3 Å². The highest BCUT2D eigenvalue weighted by Gasteiger charge is 2.12. The van der Waals surface area contributed by atoms with Crippen molar-refractivity contribution in [1.29, 1.82) is 0 Å². The molecule has 2 rings (SSSR count). The zero-order valence-corrected chi connectivity index (χ0v) is 11.3. The van der Waals surface area contributed by atoms with Gasteiger partial charge in [0.1, 0.15) is 0 Å². The predicted molar refractivity (Wildman–Crippen MR) is 74.8 cm³/mol. The van der Waals surface area contributed by atoms with Crippen LogP contribution in [0.4, 0.5) is 11.4 Å². The van der Waals surface area contributed by atoms with E-state index in [2.05, 4.69) is 5.32 Å². The lowest BCUT2D eigenvalue weighted by Gasteiger charge is -2.04. The fraction of sp³-hybridized carbons (Fsp3) is 0.154. The number of carbonyl (C=O) groups is 1. The van der Waals surface area contributed by atoms with Crippen LogP contribution in [0.15, 0.2) is 30.3 Å². The summed E-state index contributed by atoms with van der Waals surface area (Å²) >= 11 is 1.56. The number of nitro benzene ring substituents is 1. The summed E-state index contributed by atoms with van der Waals surface area (Å²) in [4.78, 5) is 24.1. The summed E-state index contributed by atoms with van der Waals surface area (Å²) in [5.74, 6) is -0.198. The zero-order chi connectivity index (χ0) is 14.0. The fourth-order valence-corrected chi connectivity index (χ4v) is 2.64. The van der Waals surface area contributed by atoms with Crippen molar-refractivity contribution in [3.05, 3.63) is 55.8 Å². The second-order valence-corrected chi connectivity index (χ2v) is 5.55. The van der Waals surface area contributed by atoms with Gasteiger partial charge in [0.15, 0.2) is 0 Å². The van der Waals surface area contributed by atoms with Gasteiger partial charge in [-0.1, -0.05) is 0 Å². The van der Waals surface area contributed by atoms with E-state index in [4.69, 9.17) is 0 Å². The molecule has 1 aromatic carbocycles. The Bertz CT molecular complexity index is 632. The molecule has 6 heteroatoms. The van der Waals surface area contributed by atoms with Gasteiger partial charge in [-0.25, -0.2) is 0 Å². The van der Waals surface area contributed by atoms with E-state index in [1.807, 2.05) is 19.9 Å². The highest BCUT2D eigenvalue weighted by atomic mass is 32.1. The average Bonchev–Trinajstić information content (AvgIpc) is 2.69. The van der Waals surface area contributed by atoms with Crippen molar-refractivity contribution < 1.29 is 9.72 Å². The van der Waals surface area contributed by atoms with Gasteiger partial charge in [-0.15, -0.1) is 11.3 Å². The molecule has 0 aliphatic rings. The minimum atomic E-state index is -0.474. The third-order valence-electron chi connectivity index (χ3n) is 2.62. The fourth-order valence-electron chi connectivity index (χ4n) is 1.72. The van der Waals surface area contributed by atoms with E-state index in [0.717, 1.165) is 9.75 Å². The van der Waals surface area contributed by atoms with Crippen molar-refractivity contribution in [2.24, 2.45) is 0 Å².